The van der Waals surface area contributed by atoms with Crippen LogP contribution in [0.25, 0.3) is 0 Å². The first-order chi connectivity index (χ1) is 15.6. The predicted octanol–water partition coefficient (Wildman–Crippen LogP) is 4.66. The third-order valence-corrected chi connectivity index (χ3v) is 8.66. The normalized spacial score (nSPS) is 17.6. The maximum atomic E-state index is 13.1. The predicted molar refractivity (Wildman–Crippen MR) is 134 cm³/mol. The van der Waals surface area contributed by atoms with E-state index in [4.69, 9.17) is 0 Å². The molecule has 0 radical (unpaired) electrons. The van der Waals surface area contributed by atoms with Crippen molar-refractivity contribution in [3.63, 3.8) is 0 Å². The summed E-state index contributed by atoms with van der Waals surface area (Å²) in [6, 6.07) is 14.8. The second kappa shape index (κ2) is 10.8. The van der Waals surface area contributed by atoms with E-state index in [1.165, 1.54) is 9.87 Å². The van der Waals surface area contributed by atoms with Crippen LogP contribution in [0.3, 0.4) is 0 Å². The number of piperazine rings is 1. The number of rotatable bonds is 8. The van der Waals surface area contributed by atoms with Crippen molar-refractivity contribution >= 4 is 21.6 Å². The van der Waals surface area contributed by atoms with Gasteiger partial charge in [-0.25, -0.2) is 8.42 Å². The van der Waals surface area contributed by atoms with Gasteiger partial charge >= 0.3 is 0 Å². The lowest BCUT2D eigenvalue weighted by Crippen LogP contribution is -2.53. The van der Waals surface area contributed by atoms with Crippen LogP contribution in [0.5, 0.6) is 0 Å². The maximum absolute atomic E-state index is 13.1. The molecule has 3 rings (SSSR count). The van der Waals surface area contributed by atoms with E-state index >= 15 is 0 Å². The monoisotopic (exact) mass is 471 g/mol. The third-order valence-electron chi connectivity index (χ3n) is 6.74. The number of nitrogens with zero attached hydrogens (tertiary/aromatic N) is 2. The number of nitrogens with one attached hydrogen (secondary N) is 1. The first kappa shape index (κ1) is 25.4. The number of carbonyl (C=O) groups is 1. The van der Waals surface area contributed by atoms with Crippen molar-refractivity contribution in [2.75, 3.05) is 31.5 Å². The van der Waals surface area contributed by atoms with E-state index in [-0.39, 0.29) is 11.9 Å². The zero-order chi connectivity index (χ0) is 24.2. The minimum atomic E-state index is -3.53. The first-order valence-electron chi connectivity index (χ1n) is 11.9. The molecule has 2 aromatic rings. The van der Waals surface area contributed by atoms with Crippen molar-refractivity contribution in [2.45, 2.75) is 63.8 Å². The molecule has 0 aliphatic carbocycles. The summed E-state index contributed by atoms with van der Waals surface area (Å²) in [7, 11) is -3.53. The Balaban J connectivity index is 1.57. The van der Waals surface area contributed by atoms with Crippen LogP contribution in [-0.2, 0) is 14.8 Å². The van der Waals surface area contributed by atoms with E-state index in [1.807, 2.05) is 48.2 Å². The van der Waals surface area contributed by atoms with Gasteiger partial charge in [-0.2, -0.15) is 4.31 Å². The fourth-order valence-corrected chi connectivity index (χ4v) is 5.47. The number of benzene rings is 2. The Morgan fingerprint density at radius 2 is 1.42 bits per heavy atom. The minimum absolute atomic E-state index is 0.0794. The lowest BCUT2D eigenvalue weighted by atomic mass is 9.99. The fraction of sp³-hybridized carbons (Fsp3) is 0.500. The Hall–Kier alpha value is -2.22. The van der Waals surface area contributed by atoms with E-state index in [0.29, 0.717) is 42.9 Å². The highest BCUT2D eigenvalue weighted by Crippen LogP contribution is 2.24. The van der Waals surface area contributed by atoms with Crippen LogP contribution in [0.2, 0.25) is 0 Å². The van der Waals surface area contributed by atoms with E-state index in [9.17, 15) is 13.2 Å². The number of anilines is 1. The van der Waals surface area contributed by atoms with Gasteiger partial charge in [0, 0.05) is 31.9 Å². The minimum Gasteiger partial charge on any atom is -0.325 e. The van der Waals surface area contributed by atoms with E-state index in [0.717, 1.165) is 17.7 Å². The molecule has 2 atom stereocenters. The summed E-state index contributed by atoms with van der Waals surface area (Å²) in [6.45, 7) is 12.2. The molecule has 33 heavy (non-hydrogen) atoms. The lowest BCUT2D eigenvalue weighted by Gasteiger charge is -2.36. The van der Waals surface area contributed by atoms with Gasteiger partial charge in [0.1, 0.15) is 0 Å². The number of sulfonamides is 1. The molecule has 0 saturated carbocycles. The molecule has 1 heterocycles. The molecule has 1 amide bonds. The highest BCUT2D eigenvalue weighted by Gasteiger charge is 2.31. The molecule has 1 fully saturated rings. The van der Waals surface area contributed by atoms with Crippen LogP contribution in [0.4, 0.5) is 5.69 Å². The summed E-state index contributed by atoms with van der Waals surface area (Å²) in [4.78, 5) is 15.1. The quantitative estimate of drug-likeness (QED) is 0.608. The average molecular weight is 472 g/mol. The van der Waals surface area contributed by atoms with Crippen molar-refractivity contribution in [1.29, 1.82) is 0 Å². The van der Waals surface area contributed by atoms with Crippen molar-refractivity contribution in [2.24, 2.45) is 0 Å². The average Bonchev–Trinajstić information content (AvgIpc) is 2.83. The molecule has 0 bridgehead atoms. The van der Waals surface area contributed by atoms with Gasteiger partial charge in [-0.3, -0.25) is 9.69 Å². The van der Waals surface area contributed by atoms with Gasteiger partial charge in [0.05, 0.1) is 10.9 Å². The molecule has 1 aliphatic heterocycles. The van der Waals surface area contributed by atoms with E-state index < -0.39 is 10.0 Å². The highest BCUT2D eigenvalue weighted by molar-refractivity contribution is 7.89. The van der Waals surface area contributed by atoms with Crippen molar-refractivity contribution in [1.82, 2.24) is 9.21 Å². The lowest BCUT2D eigenvalue weighted by molar-refractivity contribution is -0.121. The van der Waals surface area contributed by atoms with Crippen molar-refractivity contribution in [3.05, 3.63) is 59.7 Å². The Morgan fingerprint density at radius 1 is 0.879 bits per heavy atom. The van der Waals surface area contributed by atoms with Gasteiger partial charge in [-0.05, 0) is 60.6 Å². The molecule has 7 heteroatoms. The summed E-state index contributed by atoms with van der Waals surface area (Å²) in [5.41, 5.74) is 3.16. The van der Waals surface area contributed by atoms with Gasteiger partial charge in [-0.1, -0.05) is 52.0 Å². The Bertz CT molecular complexity index is 1030. The van der Waals surface area contributed by atoms with E-state index in [2.05, 4.69) is 33.0 Å². The van der Waals surface area contributed by atoms with Crippen molar-refractivity contribution < 1.29 is 13.2 Å². The Kier molecular flexibility index (Phi) is 8.32. The zero-order valence-electron chi connectivity index (χ0n) is 20.4. The molecule has 180 valence electrons. The molecular weight excluding hydrogens is 434 g/mol. The van der Waals surface area contributed by atoms with Gasteiger partial charge in [0.25, 0.3) is 0 Å². The second-order valence-electron chi connectivity index (χ2n) is 9.26. The topological polar surface area (TPSA) is 69.7 Å². The van der Waals surface area contributed by atoms with Gasteiger partial charge in [0.15, 0.2) is 0 Å². The molecule has 0 unspecified atom stereocenters. The summed E-state index contributed by atoms with van der Waals surface area (Å²) in [6.07, 6.45) is 1.02. The summed E-state index contributed by atoms with van der Waals surface area (Å²) in [5, 5.41) is 2.98. The third kappa shape index (κ3) is 6.02. The molecular formula is C26H37N3O3S. The van der Waals surface area contributed by atoms with Crippen LogP contribution in [0.1, 0.15) is 64.0 Å². The summed E-state index contributed by atoms with van der Waals surface area (Å²) >= 11 is 0. The largest absolute Gasteiger partial charge is 0.325 e. The summed E-state index contributed by atoms with van der Waals surface area (Å²) < 4.78 is 27.7. The Labute approximate surface area is 199 Å². The number of carbonyl (C=O) groups excluding carboxylic acids is 1. The van der Waals surface area contributed by atoms with Crippen LogP contribution in [0, 0.1) is 0 Å². The first-order valence-corrected chi connectivity index (χ1v) is 13.3. The Morgan fingerprint density at radius 3 is 1.94 bits per heavy atom. The molecule has 1 saturated heterocycles. The fourth-order valence-electron chi connectivity index (χ4n) is 4.05. The van der Waals surface area contributed by atoms with Crippen LogP contribution >= 0.6 is 0 Å². The molecule has 1 aliphatic rings. The molecule has 6 nitrogen and oxygen atoms in total. The number of hydrogen-bond acceptors (Lipinski definition) is 4. The zero-order valence-corrected chi connectivity index (χ0v) is 21.2. The van der Waals surface area contributed by atoms with Gasteiger partial charge < -0.3 is 5.32 Å². The number of hydrogen-bond donors (Lipinski definition) is 1. The highest BCUT2D eigenvalue weighted by atomic mass is 32.2. The van der Waals surface area contributed by atoms with Crippen LogP contribution in [-0.4, -0.2) is 55.8 Å². The number of amides is 1. The van der Waals surface area contributed by atoms with Crippen LogP contribution < -0.4 is 5.32 Å². The maximum Gasteiger partial charge on any atom is 0.243 e. The van der Waals surface area contributed by atoms with Crippen molar-refractivity contribution in [3.8, 4) is 0 Å². The molecule has 0 aromatic heterocycles. The SMILES string of the molecule is CC[C@@H](C)c1ccc(S(=O)(=O)N2CCN([C@@H](C)C(=O)Nc3ccc(C(C)C)cc3)CC2)cc1. The van der Waals surface area contributed by atoms with E-state index in [1.54, 1.807) is 12.1 Å². The molecule has 0 spiro atoms. The molecule has 2 aromatic carbocycles. The van der Waals surface area contributed by atoms with Crippen LogP contribution in [0.15, 0.2) is 53.4 Å². The van der Waals surface area contributed by atoms with Gasteiger partial charge in [0.2, 0.25) is 15.9 Å². The molecule has 1 N–H and O–H groups in total. The van der Waals surface area contributed by atoms with Gasteiger partial charge in [-0.15, -0.1) is 0 Å². The second-order valence-corrected chi connectivity index (χ2v) is 11.2. The standard InChI is InChI=1S/C26H37N3O3S/c1-6-20(4)23-9-13-25(14-10-23)33(31,32)29-17-15-28(16-18-29)21(5)26(30)27-24-11-7-22(8-12-24)19(2)3/h7-14,19-21H,6,15-18H2,1-5H3,(H,27,30)/t20-,21+/m1/s1. The smallest absolute Gasteiger partial charge is 0.243 e. The summed E-state index contributed by atoms with van der Waals surface area (Å²) in [5.74, 6) is 0.773.